The number of hydrogen-bond donors (Lipinski definition) is 0. The number of rotatable bonds is 2. The van der Waals surface area contributed by atoms with E-state index >= 15 is 0 Å². The summed E-state index contributed by atoms with van der Waals surface area (Å²) in [6, 6.07) is 6.46. The molecule has 1 aromatic rings. The van der Waals surface area contributed by atoms with Crippen molar-refractivity contribution in [2.75, 3.05) is 0 Å². The molecule has 0 bridgehead atoms. The number of benzene rings is 1. The molecule has 0 spiro atoms. The Hall–Kier alpha value is 0.140. The van der Waals surface area contributed by atoms with Gasteiger partial charge in [0.05, 0.1) is 0 Å². The van der Waals surface area contributed by atoms with Gasteiger partial charge in [0.25, 0.3) is 0 Å². The first-order valence-electron chi connectivity index (χ1n) is 3.28. The quantitative estimate of drug-likeness (QED) is 0.403. The van der Waals surface area contributed by atoms with Crippen LogP contribution in [0.4, 0.5) is 0 Å². The molecule has 0 saturated heterocycles. The average Bonchev–Trinajstić information content (AvgIpc) is 2.05. The molecule has 0 N–H and O–H groups in total. The first-order valence-corrected chi connectivity index (χ1v) is 3.28. The molecular formula is C8H7BLi2O2. The summed E-state index contributed by atoms with van der Waals surface area (Å²) in [5, 5.41) is 20.7. The molecular weight excluding hydrogens is 153 g/mol. The Bertz CT molecular complexity index is 249. The molecule has 13 heavy (non-hydrogen) atoms. The summed E-state index contributed by atoms with van der Waals surface area (Å²) >= 11 is 0. The minimum absolute atomic E-state index is 0. The largest absolute Gasteiger partial charge is 1.00 e. The maximum Gasteiger partial charge on any atom is 1.00 e. The van der Waals surface area contributed by atoms with E-state index in [4.69, 9.17) is 0 Å². The van der Waals surface area contributed by atoms with E-state index in [0.29, 0.717) is 0 Å². The molecule has 0 fully saturated rings. The van der Waals surface area contributed by atoms with Crippen LogP contribution in [0.25, 0.3) is 6.08 Å². The Kier molecular flexibility index (Phi) is 9.04. The van der Waals surface area contributed by atoms with E-state index in [1.54, 1.807) is 18.2 Å². The molecule has 1 aromatic carbocycles. The van der Waals surface area contributed by atoms with Crippen LogP contribution < -0.4 is 53.2 Å². The Balaban J connectivity index is 0. The van der Waals surface area contributed by atoms with Gasteiger partial charge in [-0.25, -0.2) is 0 Å². The molecule has 0 amide bonds. The Morgan fingerprint density at radius 3 is 1.85 bits per heavy atom. The average molecular weight is 160 g/mol. The summed E-state index contributed by atoms with van der Waals surface area (Å²) in [6.45, 7) is 3.55. The minimum atomic E-state index is -1.88. The van der Waals surface area contributed by atoms with Gasteiger partial charge in [-0.15, -0.1) is 5.46 Å². The molecule has 0 radical (unpaired) electrons. The van der Waals surface area contributed by atoms with Gasteiger partial charge in [-0.2, -0.15) is 0 Å². The second-order valence-electron chi connectivity index (χ2n) is 2.20. The molecule has 0 aromatic heterocycles. The van der Waals surface area contributed by atoms with E-state index in [9.17, 15) is 10.0 Å². The van der Waals surface area contributed by atoms with Crippen LogP contribution in [-0.2, 0) is 0 Å². The monoisotopic (exact) mass is 160 g/mol. The van der Waals surface area contributed by atoms with Crippen LogP contribution in [0, 0.1) is 0 Å². The van der Waals surface area contributed by atoms with Gasteiger partial charge in [-0.1, -0.05) is 44.0 Å². The SMILES string of the molecule is C=Cc1ccc(B([O-])[O-])cc1.[Li+].[Li+]. The van der Waals surface area contributed by atoms with Crippen LogP contribution in [0.5, 0.6) is 0 Å². The number of hydrogen-bond acceptors (Lipinski definition) is 2. The third kappa shape index (κ3) is 4.79. The molecule has 0 saturated carbocycles. The first kappa shape index (κ1) is 15.6. The molecule has 0 aliphatic heterocycles. The fourth-order valence-corrected chi connectivity index (χ4v) is 0.789. The zero-order chi connectivity index (χ0) is 8.27. The molecule has 56 valence electrons. The topological polar surface area (TPSA) is 46.1 Å². The Morgan fingerprint density at radius 1 is 1.08 bits per heavy atom. The van der Waals surface area contributed by atoms with Crippen LogP contribution in [-0.4, -0.2) is 7.12 Å². The van der Waals surface area contributed by atoms with Gasteiger partial charge in [0, 0.05) is 0 Å². The van der Waals surface area contributed by atoms with Crippen LogP contribution in [0.3, 0.4) is 0 Å². The van der Waals surface area contributed by atoms with Crippen molar-refractivity contribution in [2.24, 2.45) is 0 Å². The van der Waals surface area contributed by atoms with Crippen molar-refractivity contribution in [3.05, 3.63) is 36.4 Å². The van der Waals surface area contributed by atoms with Crippen molar-refractivity contribution >= 4 is 18.7 Å². The maximum absolute atomic E-state index is 10.3. The summed E-state index contributed by atoms with van der Waals surface area (Å²) in [5.74, 6) is 0. The van der Waals surface area contributed by atoms with Crippen molar-refractivity contribution in [1.82, 2.24) is 0 Å². The van der Waals surface area contributed by atoms with E-state index in [2.05, 4.69) is 6.58 Å². The maximum atomic E-state index is 10.3. The van der Waals surface area contributed by atoms with Crippen LogP contribution >= 0.6 is 0 Å². The molecule has 2 nitrogen and oxygen atoms in total. The zero-order valence-electron chi connectivity index (χ0n) is 7.99. The van der Waals surface area contributed by atoms with E-state index in [0.717, 1.165) is 5.56 Å². The predicted octanol–water partition coefficient (Wildman–Crippen LogP) is -7.25. The van der Waals surface area contributed by atoms with Gasteiger partial charge in [-0.3, -0.25) is 0 Å². The normalized spacial score (nSPS) is 7.85. The van der Waals surface area contributed by atoms with Crippen molar-refractivity contribution < 1.29 is 47.8 Å². The summed E-state index contributed by atoms with van der Waals surface area (Å²) in [6.07, 6.45) is 1.66. The van der Waals surface area contributed by atoms with Crippen LogP contribution in [0.2, 0.25) is 0 Å². The van der Waals surface area contributed by atoms with Gasteiger partial charge in [0.2, 0.25) is 0 Å². The van der Waals surface area contributed by atoms with Gasteiger partial charge in [0.15, 0.2) is 0 Å². The third-order valence-electron chi connectivity index (χ3n) is 1.44. The van der Waals surface area contributed by atoms with Crippen LogP contribution in [0.1, 0.15) is 5.56 Å². The second kappa shape index (κ2) is 7.53. The Labute approximate surface area is 103 Å². The molecule has 0 aliphatic rings. The van der Waals surface area contributed by atoms with Crippen molar-refractivity contribution in [3.63, 3.8) is 0 Å². The smallest absolute Gasteiger partial charge is 0.889 e. The van der Waals surface area contributed by atoms with Crippen molar-refractivity contribution in [2.45, 2.75) is 0 Å². The summed E-state index contributed by atoms with van der Waals surface area (Å²) in [4.78, 5) is 0. The van der Waals surface area contributed by atoms with Gasteiger partial charge in [0.1, 0.15) is 0 Å². The molecule has 0 atom stereocenters. The first-order chi connectivity index (χ1) is 5.24. The molecule has 0 unspecified atom stereocenters. The van der Waals surface area contributed by atoms with E-state index < -0.39 is 7.12 Å². The van der Waals surface area contributed by atoms with Gasteiger partial charge in [-0.05, 0) is 5.56 Å². The van der Waals surface area contributed by atoms with Crippen molar-refractivity contribution in [3.8, 4) is 0 Å². The van der Waals surface area contributed by atoms with Gasteiger partial charge < -0.3 is 10.0 Å². The fraction of sp³-hybridized carbons (Fsp3) is 0. The molecule has 1 rings (SSSR count). The minimum Gasteiger partial charge on any atom is -0.889 e. The standard InChI is InChI=1S/C8H7BO2.2Li/c1-2-7-3-5-8(6-4-7)9(10)11;;/h2-6H,1H2;;/q-2;2*+1. The second-order valence-corrected chi connectivity index (χ2v) is 2.20. The molecule has 0 heterocycles. The van der Waals surface area contributed by atoms with E-state index in [1.165, 1.54) is 12.1 Å². The van der Waals surface area contributed by atoms with Gasteiger partial charge >= 0.3 is 37.7 Å². The summed E-state index contributed by atoms with van der Waals surface area (Å²) in [5.41, 5.74) is 1.19. The van der Waals surface area contributed by atoms with E-state index in [1.807, 2.05) is 0 Å². The van der Waals surface area contributed by atoms with Crippen LogP contribution in [0.15, 0.2) is 30.8 Å². The van der Waals surface area contributed by atoms with E-state index in [-0.39, 0.29) is 43.2 Å². The summed E-state index contributed by atoms with van der Waals surface area (Å²) < 4.78 is 0. The molecule has 5 heteroatoms. The van der Waals surface area contributed by atoms with Crippen molar-refractivity contribution in [1.29, 1.82) is 0 Å². The Morgan fingerprint density at radius 2 is 1.54 bits per heavy atom. The summed E-state index contributed by atoms with van der Waals surface area (Å²) in [7, 11) is -1.88. The predicted molar refractivity (Wildman–Crippen MR) is 41.9 cm³/mol. The molecule has 0 aliphatic carbocycles. The fourth-order valence-electron chi connectivity index (χ4n) is 0.789. The zero-order valence-corrected chi connectivity index (χ0v) is 7.99. The third-order valence-corrected chi connectivity index (χ3v) is 1.44.